The Kier molecular flexibility index (Phi) is 4.94. The zero-order valence-corrected chi connectivity index (χ0v) is 17.1. The third kappa shape index (κ3) is 3.56. The highest BCUT2D eigenvalue weighted by atomic mass is 16.5. The molecule has 5 rings (SSSR count). The van der Waals surface area contributed by atoms with Crippen LogP contribution >= 0.6 is 0 Å². The summed E-state index contributed by atoms with van der Waals surface area (Å²) in [5.74, 6) is 0.605. The highest BCUT2D eigenvalue weighted by molar-refractivity contribution is 5.95. The molecule has 30 heavy (non-hydrogen) atoms. The Hall–Kier alpha value is -3.22. The fourth-order valence-corrected chi connectivity index (χ4v) is 3.92. The number of aromatic amines is 1. The molecule has 1 N–H and O–H groups in total. The minimum atomic E-state index is 0.388. The van der Waals surface area contributed by atoms with Gasteiger partial charge in [0.25, 0.3) is 0 Å². The highest BCUT2D eigenvalue weighted by Crippen LogP contribution is 2.31. The lowest BCUT2D eigenvalue weighted by molar-refractivity contribution is -0.0333. The van der Waals surface area contributed by atoms with Gasteiger partial charge in [0.2, 0.25) is 5.88 Å². The van der Waals surface area contributed by atoms with Crippen molar-refractivity contribution in [1.82, 2.24) is 19.9 Å². The number of likely N-dealkylation sites (tertiary alicyclic amines) is 1. The van der Waals surface area contributed by atoms with Gasteiger partial charge in [0, 0.05) is 73.5 Å². The van der Waals surface area contributed by atoms with Crippen molar-refractivity contribution in [3.8, 4) is 28.1 Å². The maximum absolute atomic E-state index is 5.35. The standard InChI is InChI=1S/C24H24N4O2/c1-29-20-14-28(15-20)13-16-3-5-17(6-4-16)19-9-21-22(12-27-24(21)26-11-19)18-7-8-23(30-2)25-10-18/h3-12,20H,13-15H2,1-2H3,(H,26,27). The molecule has 3 aromatic heterocycles. The van der Waals surface area contributed by atoms with Gasteiger partial charge in [-0.3, -0.25) is 4.90 Å². The first-order valence-corrected chi connectivity index (χ1v) is 10.1. The number of nitrogens with zero attached hydrogens (tertiary/aromatic N) is 3. The first-order chi connectivity index (χ1) is 14.7. The molecule has 1 aliphatic heterocycles. The second-order valence-electron chi connectivity index (χ2n) is 7.66. The predicted molar refractivity (Wildman–Crippen MR) is 117 cm³/mol. The SMILES string of the molecule is COc1ccc(-c2c[nH]c3ncc(-c4ccc(CN5CC(OC)C5)cc4)cc23)cn1. The second-order valence-corrected chi connectivity index (χ2v) is 7.66. The molecule has 1 aliphatic rings. The average molecular weight is 400 g/mol. The van der Waals surface area contributed by atoms with Gasteiger partial charge in [0.05, 0.1) is 13.2 Å². The molecule has 0 unspecified atom stereocenters. The van der Waals surface area contributed by atoms with E-state index in [1.54, 1.807) is 14.2 Å². The van der Waals surface area contributed by atoms with Gasteiger partial charge in [0.15, 0.2) is 0 Å². The average Bonchev–Trinajstić information content (AvgIpc) is 3.19. The van der Waals surface area contributed by atoms with Gasteiger partial charge in [-0.2, -0.15) is 0 Å². The van der Waals surface area contributed by atoms with Crippen LogP contribution in [-0.2, 0) is 11.3 Å². The molecule has 4 aromatic rings. The van der Waals surface area contributed by atoms with Crippen LogP contribution in [0, 0.1) is 0 Å². The molecule has 0 amide bonds. The maximum atomic E-state index is 5.35. The van der Waals surface area contributed by atoms with Gasteiger partial charge in [-0.25, -0.2) is 9.97 Å². The molecule has 0 atom stereocenters. The highest BCUT2D eigenvalue weighted by Gasteiger charge is 2.25. The minimum absolute atomic E-state index is 0.388. The lowest BCUT2D eigenvalue weighted by atomic mass is 10.0. The summed E-state index contributed by atoms with van der Waals surface area (Å²) in [5, 5.41) is 1.08. The Morgan fingerprint density at radius 3 is 2.43 bits per heavy atom. The molecular formula is C24H24N4O2. The van der Waals surface area contributed by atoms with E-state index in [1.165, 1.54) is 5.56 Å². The van der Waals surface area contributed by atoms with Crippen LogP contribution < -0.4 is 4.74 Å². The normalized spacial score (nSPS) is 14.7. The molecule has 6 heteroatoms. The van der Waals surface area contributed by atoms with Crippen molar-refractivity contribution in [2.24, 2.45) is 0 Å². The maximum Gasteiger partial charge on any atom is 0.212 e. The Labute approximate surface area is 175 Å². The summed E-state index contributed by atoms with van der Waals surface area (Å²) in [6, 6.07) is 14.8. The summed E-state index contributed by atoms with van der Waals surface area (Å²) in [6.07, 6.45) is 6.11. The number of hydrogen-bond donors (Lipinski definition) is 1. The van der Waals surface area contributed by atoms with Gasteiger partial charge >= 0.3 is 0 Å². The van der Waals surface area contributed by atoms with E-state index in [0.717, 1.165) is 52.9 Å². The molecule has 4 heterocycles. The van der Waals surface area contributed by atoms with E-state index in [9.17, 15) is 0 Å². The smallest absolute Gasteiger partial charge is 0.212 e. The molecule has 152 valence electrons. The first kappa shape index (κ1) is 18.8. The minimum Gasteiger partial charge on any atom is -0.481 e. The van der Waals surface area contributed by atoms with Gasteiger partial charge in [-0.15, -0.1) is 0 Å². The third-order valence-corrected chi connectivity index (χ3v) is 5.74. The number of rotatable bonds is 6. The Morgan fingerprint density at radius 1 is 0.967 bits per heavy atom. The molecule has 0 spiro atoms. The number of benzene rings is 1. The number of aromatic nitrogens is 3. The molecule has 1 aromatic carbocycles. The summed E-state index contributed by atoms with van der Waals surface area (Å²) >= 11 is 0. The first-order valence-electron chi connectivity index (χ1n) is 10.1. The third-order valence-electron chi connectivity index (χ3n) is 5.74. The molecule has 1 fully saturated rings. The van der Waals surface area contributed by atoms with Crippen LogP contribution in [0.15, 0.2) is 61.1 Å². The van der Waals surface area contributed by atoms with Crippen molar-refractivity contribution in [2.45, 2.75) is 12.6 Å². The monoisotopic (exact) mass is 400 g/mol. The van der Waals surface area contributed by atoms with Gasteiger partial charge in [-0.05, 0) is 23.3 Å². The molecule has 0 aliphatic carbocycles. The Bertz CT molecular complexity index is 1150. The fourth-order valence-electron chi connectivity index (χ4n) is 3.92. The van der Waals surface area contributed by atoms with Gasteiger partial charge in [-0.1, -0.05) is 24.3 Å². The molecule has 1 saturated heterocycles. The van der Waals surface area contributed by atoms with Crippen LogP contribution in [0.25, 0.3) is 33.3 Å². The van der Waals surface area contributed by atoms with E-state index in [1.807, 2.05) is 30.7 Å². The molecule has 6 nitrogen and oxygen atoms in total. The van der Waals surface area contributed by atoms with Gasteiger partial charge < -0.3 is 14.5 Å². The zero-order valence-electron chi connectivity index (χ0n) is 17.1. The molecule has 0 bridgehead atoms. The number of nitrogens with one attached hydrogen (secondary N) is 1. The van der Waals surface area contributed by atoms with Crippen molar-refractivity contribution in [1.29, 1.82) is 0 Å². The van der Waals surface area contributed by atoms with Crippen molar-refractivity contribution in [3.05, 3.63) is 66.6 Å². The quantitative estimate of drug-likeness (QED) is 0.527. The van der Waals surface area contributed by atoms with Crippen LogP contribution in [0.1, 0.15) is 5.56 Å². The van der Waals surface area contributed by atoms with Crippen molar-refractivity contribution in [3.63, 3.8) is 0 Å². The summed E-state index contributed by atoms with van der Waals surface area (Å²) in [4.78, 5) is 14.6. The summed E-state index contributed by atoms with van der Waals surface area (Å²) in [5.41, 5.74) is 6.55. The number of H-pyrrole nitrogens is 1. The van der Waals surface area contributed by atoms with E-state index in [0.29, 0.717) is 12.0 Å². The number of methoxy groups -OCH3 is 2. The van der Waals surface area contributed by atoms with Crippen molar-refractivity contribution < 1.29 is 9.47 Å². The van der Waals surface area contributed by atoms with Crippen molar-refractivity contribution >= 4 is 11.0 Å². The van der Waals surface area contributed by atoms with E-state index in [2.05, 4.69) is 50.2 Å². The number of hydrogen-bond acceptors (Lipinski definition) is 5. The van der Waals surface area contributed by atoms with Crippen LogP contribution in [0.4, 0.5) is 0 Å². The van der Waals surface area contributed by atoms with Gasteiger partial charge in [0.1, 0.15) is 5.65 Å². The van der Waals surface area contributed by atoms with Crippen LogP contribution in [0.5, 0.6) is 5.88 Å². The largest absolute Gasteiger partial charge is 0.481 e. The summed E-state index contributed by atoms with van der Waals surface area (Å²) < 4.78 is 10.5. The van der Waals surface area contributed by atoms with Crippen LogP contribution in [0.2, 0.25) is 0 Å². The van der Waals surface area contributed by atoms with E-state index in [-0.39, 0.29) is 0 Å². The predicted octanol–water partition coefficient (Wildman–Crippen LogP) is 4.13. The van der Waals surface area contributed by atoms with E-state index < -0.39 is 0 Å². The fraction of sp³-hybridized carbons (Fsp3) is 0.250. The lowest BCUT2D eigenvalue weighted by Gasteiger charge is -2.38. The van der Waals surface area contributed by atoms with Crippen molar-refractivity contribution in [2.75, 3.05) is 27.3 Å². The topological polar surface area (TPSA) is 63.3 Å². The Balaban J connectivity index is 1.39. The van der Waals surface area contributed by atoms with E-state index >= 15 is 0 Å². The molecule has 0 radical (unpaired) electrons. The number of ether oxygens (including phenoxy) is 2. The zero-order chi connectivity index (χ0) is 20.5. The lowest BCUT2D eigenvalue weighted by Crippen LogP contribution is -2.50. The molecule has 0 saturated carbocycles. The molecular weight excluding hydrogens is 376 g/mol. The number of pyridine rings is 2. The van der Waals surface area contributed by atoms with Crippen LogP contribution in [-0.4, -0.2) is 53.3 Å². The second kappa shape index (κ2) is 7.89. The van der Waals surface area contributed by atoms with E-state index in [4.69, 9.17) is 9.47 Å². The number of fused-ring (bicyclic) bond motifs is 1. The van der Waals surface area contributed by atoms with Crippen LogP contribution in [0.3, 0.4) is 0 Å². The Morgan fingerprint density at radius 2 is 1.73 bits per heavy atom. The summed E-state index contributed by atoms with van der Waals surface area (Å²) in [6.45, 7) is 2.98. The summed E-state index contributed by atoms with van der Waals surface area (Å²) in [7, 11) is 3.40.